The molecule has 0 saturated heterocycles. The second-order valence-electron chi connectivity index (χ2n) is 5.68. The number of aryl methyl sites for hydroxylation is 1. The zero-order chi connectivity index (χ0) is 17.7. The van der Waals surface area contributed by atoms with Gasteiger partial charge in [0.25, 0.3) is 0 Å². The number of benzene rings is 2. The molecular weight excluding hydrogens is 415 g/mol. The zero-order valence-corrected chi connectivity index (χ0v) is 16.8. The summed E-state index contributed by atoms with van der Waals surface area (Å²) >= 11 is -0.139. The summed E-state index contributed by atoms with van der Waals surface area (Å²) in [7, 11) is 0. The molecule has 1 heteroatoms. The Labute approximate surface area is 162 Å². The van der Waals surface area contributed by atoms with Crippen molar-refractivity contribution >= 4 is 0 Å². The first kappa shape index (κ1) is 19.2. The molecule has 0 heterocycles. The zero-order valence-electron chi connectivity index (χ0n) is 14.6. The fourth-order valence-electron chi connectivity index (χ4n) is 2.36. The average Bonchev–Trinajstić information content (AvgIpc) is 2.65. The first-order valence-corrected chi connectivity index (χ1v) is 10.8. The number of rotatable bonds is 7. The van der Waals surface area contributed by atoms with Gasteiger partial charge in [0, 0.05) is 0 Å². The molecule has 0 radical (unpaired) electrons. The topological polar surface area (TPSA) is 0 Å². The van der Waals surface area contributed by atoms with Gasteiger partial charge >= 0.3 is 163 Å². The van der Waals surface area contributed by atoms with Gasteiger partial charge in [-0.2, -0.15) is 0 Å². The summed E-state index contributed by atoms with van der Waals surface area (Å²) in [4.78, 5) is 0. The van der Waals surface area contributed by atoms with Crippen LogP contribution in [0.15, 0.2) is 48.5 Å². The molecule has 126 valence electrons. The summed E-state index contributed by atoms with van der Waals surface area (Å²) < 4.78 is 2.85. The average molecular weight is 437 g/mol. The number of hydrogen-bond acceptors (Lipinski definition) is 0. The summed E-state index contributed by atoms with van der Waals surface area (Å²) in [6.45, 7) is 2.25. The molecule has 25 heavy (non-hydrogen) atoms. The third-order valence-corrected chi connectivity index (χ3v) is 6.38. The fourth-order valence-corrected chi connectivity index (χ4v) is 4.52. The number of unbranched alkanes of at least 4 members (excludes halogenated alkanes) is 3. The maximum absolute atomic E-state index is 5.06. The molecule has 0 atom stereocenters. The van der Waals surface area contributed by atoms with Crippen LogP contribution in [0.1, 0.15) is 43.7 Å². The van der Waals surface area contributed by atoms with Gasteiger partial charge in [-0.1, -0.05) is 0 Å². The van der Waals surface area contributed by atoms with E-state index in [0.29, 0.717) is 0 Å². The molecule has 0 bridgehead atoms. The molecule has 0 spiro atoms. The Morgan fingerprint density at radius 2 is 1.48 bits per heavy atom. The Hall–Kier alpha value is -2.15. The normalized spacial score (nSPS) is 9.44. The molecule has 0 fully saturated rings. The molecule has 0 N–H and O–H groups in total. The SMILES string of the molecule is C#CC#CC#Cc1ccc([I-]c2ccc(CCCCCC)cc2)cc1. The second-order valence-corrected chi connectivity index (χ2v) is 8.71. The van der Waals surface area contributed by atoms with Crippen LogP contribution in [-0.4, -0.2) is 0 Å². The van der Waals surface area contributed by atoms with Crippen molar-refractivity contribution in [1.82, 2.24) is 0 Å². The van der Waals surface area contributed by atoms with E-state index in [0.717, 1.165) is 5.56 Å². The molecule has 0 aliphatic rings. The van der Waals surface area contributed by atoms with Crippen LogP contribution in [-0.2, 0) is 6.42 Å². The summed E-state index contributed by atoms with van der Waals surface area (Å²) in [6, 6.07) is 17.6. The van der Waals surface area contributed by atoms with Gasteiger partial charge in [-0.05, 0) is 0 Å². The van der Waals surface area contributed by atoms with E-state index in [2.05, 4.69) is 85.1 Å². The Morgan fingerprint density at radius 1 is 0.800 bits per heavy atom. The summed E-state index contributed by atoms with van der Waals surface area (Å²) in [5.74, 6) is 13.1. The van der Waals surface area contributed by atoms with Crippen molar-refractivity contribution in [2.45, 2.75) is 39.0 Å². The number of halogens is 1. The van der Waals surface area contributed by atoms with E-state index in [1.807, 2.05) is 0 Å². The van der Waals surface area contributed by atoms with Crippen LogP contribution in [0.2, 0.25) is 0 Å². The van der Waals surface area contributed by atoms with Crippen LogP contribution in [0.25, 0.3) is 0 Å². The molecule has 0 aromatic heterocycles. The maximum atomic E-state index is 5.06. The van der Waals surface area contributed by atoms with E-state index < -0.39 is 0 Å². The van der Waals surface area contributed by atoms with Gasteiger partial charge in [-0.15, -0.1) is 0 Å². The van der Waals surface area contributed by atoms with Gasteiger partial charge in [0.2, 0.25) is 0 Å². The second kappa shape index (κ2) is 11.4. The molecule has 2 rings (SSSR count). The molecule has 0 aliphatic heterocycles. The van der Waals surface area contributed by atoms with E-state index in [1.54, 1.807) is 0 Å². The third-order valence-electron chi connectivity index (χ3n) is 3.70. The number of hydrogen-bond donors (Lipinski definition) is 0. The Balaban J connectivity index is 1.89. The molecule has 0 amide bonds. The van der Waals surface area contributed by atoms with Crippen LogP contribution in [0.5, 0.6) is 0 Å². The predicted molar refractivity (Wildman–Crippen MR) is 102 cm³/mol. The van der Waals surface area contributed by atoms with Crippen molar-refractivity contribution in [1.29, 1.82) is 0 Å². The van der Waals surface area contributed by atoms with Crippen LogP contribution >= 0.6 is 0 Å². The predicted octanol–water partition coefficient (Wildman–Crippen LogP) is 1.93. The molecular formula is C24H22I-. The van der Waals surface area contributed by atoms with Crippen molar-refractivity contribution in [3.63, 3.8) is 0 Å². The molecule has 2 aromatic carbocycles. The van der Waals surface area contributed by atoms with Gasteiger partial charge in [-0.3, -0.25) is 0 Å². The Kier molecular flexibility index (Phi) is 8.75. The van der Waals surface area contributed by atoms with Crippen LogP contribution in [0.4, 0.5) is 0 Å². The molecule has 0 nitrogen and oxygen atoms in total. The van der Waals surface area contributed by atoms with E-state index in [9.17, 15) is 0 Å². The third kappa shape index (κ3) is 7.51. The minimum atomic E-state index is -0.139. The molecule has 0 aliphatic carbocycles. The van der Waals surface area contributed by atoms with Crippen molar-refractivity contribution < 1.29 is 21.2 Å². The van der Waals surface area contributed by atoms with Gasteiger partial charge in [-0.25, -0.2) is 0 Å². The monoisotopic (exact) mass is 437 g/mol. The van der Waals surface area contributed by atoms with E-state index in [-0.39, 0.29) is 21.2 Å². The van der Waals surface area contributed by atoms with Gasteiger partial charge in [0.15, 0.2) is 0 Å². The van der Waals surface area contributed by atoms with E-state index >= 15 is 0 Å². The fraction of sp³-hybridized carbons (Fsp3) is 0.250. The molecule has 0 saturated carbocycles. The minimum absolute atomic E-state index is 0.139. The van der Waals surface area contributed by atoms with Crippen LogP contribution in [0.3, 0.4) is 0 Å². The van der Waals surface area contributed by atoms with E-state index in [4.69, 9.17) is 6.42 Å². The van der Waals surface area contributed by atoms with Crippen molar-refractivity contribution in [2.24, 2.45) is 0 Å². The van der Waals surface area contributed by atoms with Crippen molar-refractivity contribution in [3.05, 3.63) is 66.8 Å². The first-order chi connectivity index (χ1) is 12.3. The van der Waals surface area contributed by atoms with E-state index in [1.165, 1.54) is 44.8 Å². The van der Waals surface area contributed by atoms with Gasteiger partial charge in [0.05, 0.1) is 0 Å². The molecule has 0 unspecified atom stereocenters. The Bertz CT molecular complexity index is 813. The van der Waals surface area contributed by atoms with Crippen molar-refractivity contribution in [2.75, 3.05) is 0 Å². The summed E-state index contributed by atoms with van der Waals surface area (Å²) in [5, 5.41) is 0. The first-order valence-electron chi connectivity index (χ1n) is 8.62. The molecule has 2 aromatic rings. The van der Waals surface area contributed by atoms with Gasteiger partial charge < -0.3 is 0 Å². The van der Waals surface area contributed by atoms with Crippen LogP contribution in [0, 0.1) is 43.2 Å². The number of terminal acetylenes is 1. The summed E-state index contributed by atoms with van der Waals surface area (Å²) in [5.41, 5.74) is 2.43. The standard InChI is InChI=1S/C24H22I/c1-3-5-7-9-11-21-13-17-23(18-14-21)25-24-19-15-22(16-20-24)12-10-8-6-4-2/h1,13-20H,4,6,8,10,12H2,2H3/q-1. The summed E-state index contributed by atoms with van der Waals surface area (Å²) in [6.07, 6.45) is 11.6. The quantitative estimate of drug-likeness (QED) is 0.353. The Morgan fingerprint density at radius 3 is 2.12 bits per heavy atom. The van der Waals surface area contributed by atoms with Crippen molar-refractivity contribution in [3.8, 4) is 36.0 Å². The van der Waals surface area contributed by atoms with Crippen LogP contribution < -0.4 is 21.2 Å². The van der Waals surface area contributed by atoms with Gasteiger partial charge in [0.1, 0.15) is 0 Å².